The standard InChI is InChI=1S/C11H18N2O/c12-9-6-7-10(14)13-11(9)8-4-2-1-3-5-8/h1-2,8-9,11H,3-7,12H2,(H,13,14)/t8?,9-,11+/m1/s1. The topological polar surface area (TPSA) is 55.1 Å². The second kappa shape index (κ2) is 4.13. The molecule has 1 aliphatic carbocycles. The summed E-state index contributed by atoms with van der Waals surface area (Å²) in [7, 11) is 0. The fraction of sp³-hybridized carbons (Fsp3) is 0.727. The third-order valence-electron chi connectivity index (χ3n) is 3.31. The van der Waals surface area contributed by atoms with Crippen molar-refractivity contribution in [3.63, 3.8) is 0 Å². The molecule has 0 aromatic carbocycles. The number of hydrogen-bond donors (Lipinski definition) is 2. The first-order valence-electron chi connectivity index (χ1n) is 5.47. The zero-order chi connectivity index (χ0) is 9.97. The van der Waals surface area contributed by atoms with Crippen LogP contribution in [0, 0.1) is 5.92 Å². The molecule has 0 aromatic rings. The quantitative estimate of drug-likeness (QED) is 0.611. The van der Waals surface area contributed by atoms with Crippen LogP contribution in [0.5, 0.6) is 0 Å². The summed E-state index contributed by atoms with van der Waals surface area (Å²) in [6.07, 6.45) is 9.23. The van der Waals surface area contributed by atoms with Gasteiger partial charge in [-0.05, 0) is 31.6 Å². The Morgan fingerprint density at radius 1 is 1.36 bits per heavy atom. The monoisotopic (exact) mass is 194 g/mol. The first-order valence-corrected chi connectivity index (χ1v) is 5.47. The number of carbonyl (C=O) groups is 1. The summed E-state index contributed by atoms with van der Waals surface area (Å²) >= 11 is 0. The lowest BCUT2D eigenvalue weighted by Gasteiger charge is -2.36. The molecular formula is C11H18N2O. The summed E-state index contributed by atoms with van der Waals surface area (Å²) in [6.45, 7) is 0. The minimum absolute atomic E-state index is 0.157. The molecule has 1 fully saturated rings. The van der Waals surface area contributed by atoms with Crippen LogP contribution >= 0.6 is 0 Å². The molecule has 2 aliphatic rings. The molecule has 0 saturated carbocycles. The van der Waals surface area contributed by atoms with E-state index in [0.717, 1.165) is 25.7 Å². The van der Waals surface area contributed by atoms with Crippen LogP contribution in [0.15, 0.2) is 12.2 Å². The van der Waals surface area contributed by atoms with Gasteiger partial charge in [-0.3, -0.25) is 4.79 Å². The summed E-state index contributed by atoms with van der Waals surface area (Å²) in [5.41, 5.74) is 6.03. The maximum atomic E-state index is 11.3. The Kier molecular flexibility index (Phi) is 2.87. The van der Waals surface area contributed by atoms with Crippen LogP contribution in [0.4, 0.5) is 0 Å². The highest BCUT2D eigenvalue weighted by molar-refractivity contribution is 5.77. The number of rotatable bonds is 1. The van der Waals surface area contributed by atoms with Crippen LogP contribution in [0.1, 0.15) is 32.1 Å². The molecule has 78 valence electrons. The third-order valence-corrected chi connectivity index (χ3v) is 3.31. The number of carbonyl (C=O) groups excluding carboxylic acids is 1. The van der Waals surface area contributed by atoms with Gasteiger partial charge in [-0.2, -0.15) is 0 Å². The second-order valence-electron chi connectivity index (χ2n) is 4.34. The van der Waals surface area contributed by atoms with Gasteiger partial charge in [0, 0.05) is 18.5 Å². The molecule has 1 heterocycles. The molecule has 0 bridgehead atoms. The molecule has 1 amide bonds. The average molecular weight is 194 g/mol. The molecule has 0 radical (unpaired) electrons. The highest BCUT2D eigenvalue weighted by Crippen LogP contribution is 2.26. The lowest BCUT2D eigenvalue weighted by Crippen LogP contribution is -2.55. The molecule has 14 heavy (non-hydrogen) atoms. The van der Waals surface area contributed by atoms with Gasteiger partial charge in [0.05, 0.1) is 0 Å². The van der Waals surface area contributed by atoms with Gasteiger partial charge in [0.25, 0.3) is 0 Å². The minimum atomic E-state index is 0.157. The number of nitrogens with two attached hydrogens (primary N) is 1. The maximum Gasteiger partial charge on any atom is 0.220 e. The first-order chi connectivity index (χ1) is 6.77. The molecule has 0 spiro atoms. The fourth-order valence-electron chi connectivity index (χ4n) is 2.45. The van der Waals surface area contributed by atoms with Crippen LogP contribution in [-0.2, 0) is 4.79 Å². The van der Waals surface area contributed by atoms with Gasteiger partial charge in [-0.25, -0.2) is 0 Å². The van der Waals surface area contributed by atoms with E-state index in [-0.39, 0.29) is 18.0 Å². The van der Waals surface area contributed by atoms with Crippen LogP contribution in [0.25, 0.3) is 0 Å². The second-order valence-corrected chi connectivity index (χ2v) is 4.34. The van der Waals surface area contributed by atoms with Crippen molar-refractivity contribution in [3.05, 3.63) is 12.2 Å². The van der Waals surface area contributed by atoms with Gasteiger partial charge in [0.2, 0.25) is 5.91 Å². The molecular weight excluding hydrogens is 176 g/mol. The SMILES string of the molecule is N[C@@H]1CCC(=O)N[C@H]1C1CC=CCC1. The molecule has 3 heteroatoms. The highest BCUT2D eigenvalue weighted by atomic mass is 16.1. The van der Waals surface area contributed by atoms with E-state index in [1.165, 1.54) is 0 Å². The van der Waals surface area contributed by atoms with E-state index in [0.29, 0.717) is 12.3 Å². The van der Waals surface area contributed by atoms with E-state index in [2.05, 4.69) is 17.5 Å². The van der Waals surface area contributed by atoms with Gasteiger partial charge in [-0.1, -0.05) is 12.2 Å². The average Bonchev–Trinajstić information content (AvgIpc) is 2.23. The van der Waals surface area contributed by atoms with Crippen molar-refractivity contribution < 1.29 is 4.79 Å². The van der Waals surface area contributed by atoms with Crippen LogP contribution in [0.3, 0.4) is 0 Å². The predicted molar refractivity (Wildman–Crippen MR) is 55.6 cm³/mol. The summed E-state index contributed by atoms with van der Waals surface area (Å²) in [5.74, 6) is 0.727. The number of amides is 1. The summed E-state index contributed by atoms with van der Waals surface area (Å²) in [6, 6.07) is 0.366. The molecule has 3 atom stereocenters. The molecule has 1 unspecified atom stereocenters. The number of hydrogen-bond acceptors (Lipinski definition) is 2. The Morgan fingerprint density at radius 2 is 2.21 bits per heavy atom. The number of piperidine rings is 1. The normalized spacial score (nSPS) is 38.1. The Bertz CT molecular complexity index is 250. The van der Waals surface area contributed by atoms with Gasteiger partial charge in [-0.15, -0.1) is 0 Å². The number of allylic oxidation sites excluding steroid dienone is 2. The molecule has 1 aliphatic heterocycles. The van der Waals surface area contributed by atoms with Crippen molar-refractivity contribution in [2.45, 2.75) is 44.2 Å². The lowest BCUT2D eigenvalue weighted by molar-refractivity contribution is -0.124. The van der Waals surface area contributed by atoms with Crippen molar-refractivity contribution >= 4 is 5.91 Å². The third kappa shape index (κ3) is 1.98. The van der Waals surface area contributed by atoms with Gasteiger partial charge < -0.3 is 11.1 Å². The largest absolute Gasteiger partial charge is 0.352 e. The van der Waals surface area contributed by atoms with Crippen molar-refractivity contribution in [1.29, 1.82) is 0 Å². The molecule has 1 saturated heterocycles. The summed E-state index contributed by atoms with van der Waals surface area (Å²) in [4.78, 5) is 11.3. The maximum absolute atomic E-state index is 11.3. The Hall–Kier alpha value is -0.830. The van der Waals surface area contributed by atoms with Crippen molar-refractivity contribution in [3.8, 4) is 0 Å². The summed E-state index contributed by atoms with van der Waals surface area (Å²) in [5, 5.41) is 3.04. The van der Waals surface area contributed by atoms with Crippen molar-refractivity contribution in [2.24, 2.45) is 11.7 Å². The van der Waals surface area contributed by atoms with Crippen LogP contribution < -0.4 is 11.1 Å². The smallest absolute Gasteiger partial charge is 0.220 e. The fourth-order valence-corrected chi connectivity index (χ4v) is 2.45. The summed E-state index contributed by atoms with van der Waals surface area (Å²) < 4.78 is 0. The van der Waals surface area contributed by atoms with Crippen molar-refractivity contribution in [1.82, 2.24) is 5.32 Å². The van der Waals surface area contributed by atoms with Gasteiger partial charge in [0.15, 0.2) is 0 Å². The van der Waals surface area contributed by atoms with E-state index in [9.17, 15) is 4.79 Å². The van der Waals surface area contributed by atoms with Crippen molar-refractivity contribution in [2.75, 3.05) is 0 Å². The Labute approximate surface area is 84.7 Å². The Balaban J connectivity index is 2.00. The van der Waals surface area contributed by atoms with Crippen LogP contribution in [-0.4, -0.2) is 18.0 Å². The molecule has 0 aromatic heterocycles. The van der Waals surface area contributed by atoms with E-state index < -0.39 is 0 Å². The predicted octanol–water partition coefficient (Wildman–Crippen LogP) is 0.949. The number of nitrogens with one attached hydrogen (secondary N) is 1. The van der Waals surface area contributed by atoms with E-state index in [4.69, 9.17) is 5.73 Å². The first kappa shape index (κ1) is 9.71. The van der Waals surface area contributed by atoms with Gasteiger partial charge in [0.1, 0.15) is 0 Å². The minimum Gasteiger partial charge on any atom is -0.352 e. The molecule has 2 rings (SSSR count). The van der Waals surface area contributed by atoms with E-state index in [1.807, 2.05) is 0 Å². The highest BCUT2D eigenvalue weighted by Gasteiger charge is 2.31. The zero-order valence-corrected chi connectivity index (χ0v) is 8.41. The molecule has 3 N–H and O–H groups in total. The molecule has 3 nitrogen and oxygen atoms in total. The lowest BCUT2D eigenvalue weighted by atomic mass is 9.81. The Morgan fingerprint density at radius 3 is 2.93 bits per heavy atom. The zero-order valence-electron chi connectivity index (χ0n) is 8.41. The van der Waals surface area contributed by atoms with E-state index in [1.54, 1.807) is 0 Å². The van der Waals surface area contributed by atoms with Crippen LogP contribution in [0.2, 0.25) is 0 Å². The van der Waals surface area contributed by atoms with E-state index >= 15 is 0 Å². The van der Waals surface area contributed by atoms with Gasteiger partial charge >= 0.3 is 0 Å².